The number of furan rings is 1. The molecule has 106 valence electrons. The number of anilines is 1. The topological polar surface area (TPSA) is 63.3 Å². The molecule has 0 aliphatic heterocycles. The van der Waals surface area contributed by atoms with Crippen molar-refractivity contribution in [2.24, 2.45) is 5.10 Å². The van der Waals surface area contributed by atoms with Crippen molar-refractivity contribution in [3.05, 3.63) is 53.0 Å². The number of hydrazone groups is 1. The standard InChI is InChI=1S/C16H16N4O/c1-10-8-11(2)19-16(18-10)20-17-9-14-12(3)21-15-7-5-4-6-13(14)15/h4-9H,1-3H3,(H,18,19,20). The van der Waals surface area contributed by atoms with E-state index in [-0.39, 0.29) is 0 Å². The van der Waals surface area contributed by atoms with E-state index in [1.807, 2.05) is 51.1 Å². The smallest absolute Gasteiger partial charge is 0.243 e. The van der Waals surface area contributed by atoms with Crippen LogP contribution in [0, 0.1) is 20.8 Å². The lowest BCUT2D eigenvalue weighted by Gasteiger charge is -2.01. The van der Waals surface area contributed by atoms with Crippen molar-refractivity contribution < 1.29 is 4.42 Å². The number of nitrogens with zero attached hydrogens (tertiary/aromatic N) is 3. The molecule has 0 amide bonds. The third-order valence-corrected chi connectivity index (χ3v) is 3.16. The van der Waals surface area contributed by atoms with E-state index in [1.165, 1.54) is 0 Å². The lowest BCUT2D eigenvalue weighted by molar-refractivity contribution is 0.578. The molecule has 2 heterocycles. The molecular weight excluding hydrogens is 264 g/mol. The molecule has 1 aromatic carbocycles. The maximum Gasteiger partial charge on any atom is 0.243 e. The molecule has 0 aliphatic carbocycles. The number of hydrogen-bond donors (Lipinski definition) is 1. The van der Waals surface area contributed by atoms with E-state index in [0.717, 1.165) is 33.7 Å². The summed E-state index contributed by atoms with van der Waals surface area (Å²) in [5, 5.41) is 5.26. The van der Waals surface area contributed by atoms with Gasteiger partial charge in [0.2, 0.25) is 5.95 Å². The van der Waals surface area contributed by atoms with Crippen molar-refractivity contribution in [2.45, 2.75) is 20.8 Å². The predicted octanol–water partition coefficient (Wildman–Crippen LogP) is 3.59. The summed E-state index contributed by atoms with van der Waals surface area (Å²) in [6, 6.07) is 9.81. The van der Waals surface area contributed by atoms with Gasteiger partial charge in [0.05, 0.1) is 6.21 Å². The molecule has 0 fully saturated rings. The van der Waals surface area contributed by atoms with Crippen LogP contribution in [0.3, 0.4) is 0 Å². The number of rotatable bonds is 3. The normalized spacial score (nSPS) is 11.4. The zero-order valence-electron chi connectivity index (χ0n) is 12.2. The van der Waals surface area contributed by atoms with Gasteiger partial charge in [-0.25, -0.2) is 15.4 Å². The SMILES string of the molecule is Cc1cc(C)nc(NN=Cc2c(C)oc3ccccc23)n1. The zero-order chi connectivity index (χ0) is 14.8. The molecular formula is C16H16N4O. The Morgan fingerprint density at radius 2 is 1.81 bits per heavy atom. The van der Waals surface area contributed by atoms with Crippen LogP contribution in [0.4, 0.5) is 5.95 Å². The molecule has 0 bridgehead atoms. The molecule has 0 radical (unpaired) electrons. The third-order valence-electron chi connectivity index (χ3n) is 3.16. The first-order valence-electron chi connectivity index (χ1n) is 6.73. The van der Waals surface area contributed by atoms with Gasteiger partial charge in [0, 0.05) is 22.3 Å². The van der Waals surface area contributed by atoms with Crippen molar-refractivity contribution in [3.63, 3.8) is 0 Å². The largest absolute Gasteiger partial charge is 0.461 e. The maximum absolute atomic E-state index is 5.69. The van der Waals surface area contributed by atoms with E-state index in [2.05, 4.69) is 20.5 Å². The van der Waals surface area contributed by atoms with Crippen LogP contribution in [-0.4, -0.2) is 16.2 Å². The van der Waals surface area contributed by atoms with Gasteiger partial charge in [-0.15, -0.1) is 0 Å². The number of para-hydroxylation sites is 1. The van der Waals surface area contributed by atoms with Crippen LogP contribution in [-0.2, 0) is 0 Å². The molecule has 0 saturated heterocycles. The van der Waals surface area contributed by atoms with Gasteiger partial charge in [-0.05, 0) is 32.9 Å². The summed E-state index contributed by atoms with van der Waals surface area (Å²) in [5.74, 6) is 1.33. The lowest BCUT2D eigenvalue weighted by Crippen LogP contribution is -1.99. The van der Waals surface area contributed by atoms with Crippen LogP contribution in [0.1, 0.15) is 22.7 Å². The fourth-order valence-corrected chi connectivity index (χ4v) is 2.28. The Kier molecular flexibility index (Phi) is 3.39. The average Bonchev–Trinajstić information content (AvgIpc) is 2.74. The molecule has 0 unspecified atom stereocenters. The number of benzene rings is 1. The first-order chi connectivity index (χ1) is 10.1. The highest BCUT2D eigenvalue weighted by Crippen LogP contribution is 2.23. The van der Waals surface area contributed by atoms with E-state index in [9.17, 15) is 0 Å². The predicted molar refractivity (Wildman–Crippen MR) is 83.7 cm³/mol. The minimum Gasteiger partial charge on any atom is -0.461 e. The van der Waals surface area contributed by atoms with Crippen LogP contribution in [0.25, 0.3) is 11.0 Å². The van der Waals surface area contributed by atoms with Crippen LogP contribution in [0.15, 0.2) is 39.9 Å². The van der Waals surface area contributed by atoms with E-state index < -0.39 is 0 Å². The van der Waals surface area contributed by atoms with Gasteiger partial charge in [0.1, 0.15) is 11.3 Å². The van der Waals surface area contributed by atoms with Crippen molar-refractivity contribution in [3.8, 4) is 0 Å². The first kappa shape index (κ1) is 13.3. The number of nitrogens with one attached hydrogen (secondary N) is 1. The summed E-state index contributed by atoms with van der Waals surface area (Å²) >= 11 is 0. The fourth-order valence-electron chi connectivity index (χ4n) is 2.28. The van der Waals surface area contributed by atoms with Crippen LogP contribution in [0.5, 0.6) is 0 Å². The van der Waals surface area contributed by atoms with Crippen molar-refractivity contribution >= 4 is 23.1 Å². The number of fused-ring (bicyclic) bond motifs is 1. The molecule has 2 aromatic heterocycles. The summed E-state index contributed by atoms with van der Waals surface area (Å²) < 4.78 is 5.69. The Hall–Kier alpha value is -2.69. The van der Waals surface area contributed by atoms with Crippen LogP contribution in [0.2, 0.25) is 0 Å². The van der Waals surface area contributed by atoms with E-state index in [1.54, 1.807) is 6.21 Å². The number of hydrogen-bond acceptors (Lipinski definition) is 5. The van der Waals surface area contributed by atoms with Gasteiger partial charge < -0.3 is 4.42 Å². The van der Waals surface area contributed by atoms with Gasteiger partial charge in [-0.2, -0.15) is 5.10 Å². The Morgan fingerprint density at radius 3 is 2.57 bits per heavy atom. The fraction of sp³-hybridized carbons (Fsp3) is 0.188. The summed E-state index contributed by atoms with van der Waals surface area (Å²) in [4.78, 5) is 8.56. The summed E-state index contributed by atoms with van der Waals surface area (Å²) in [6.45, 7) is 5.78. The minimum absolute atomic E-state index is 0.495. The highest BCUT2D eigenvalue weighted by atomic mass is 16.3. The first-order valence-corrected chi connectivity index (χ1v) is 6.73. The van der Waals surface area contributed by atoms with Crippen molar-refractivity contribution in [1.29, 1.82) is 0 Å². The summed E-state index contributed by atoms with van der Waals surface area (Å²) in [7, 11) is 0. The Labute approximate surface area is 122 Å². The van der Waals surface area contributed by atoms with E-state index >= 15 is 0 Å². The summed E-state index contributed by atoms with van der Waals surface area (Å²) in [6.07, 6.45) is 1.74. The number of aromatic nitrogens is 2. The van der Waals surface area contributed by atoms with Crippen LogP contribution < -0.4 is 5.43 Å². The molecule has 21 heavy (non-hydrogen) atoms. The molecule has 1 N–H and O–H groups in total. The van der Waals surface area contributed by atoms with Gasteiger partial charge >= 0.3 is 0 Å². The minimum atomic E-state index is 0.495. The highest BCUT2D eigenvalue weighted by Gasteiger charge is 2.07. The van der Waals surface area contributed by atoms with Gasteiger partial charge in [-0.3, -0.25) is 0 Å². The van der Waals surface area contributed by atoms with Crippen molar-refractivity contribution in [2.75, 3.05) is 5.43 Å². The maximum atomic E-state index is 5.69. The molecule has 0 spiro atoms. The average molecular weight is 280 g/mol. The molecule has 5 nitrogen and oxygen atoms in total. The quantitative estimate of drug-likeness (QED) is 0.588. The van der Waals surface area contributed by atoms with E-state index in [4.69, 9.17) is 4.42 Å². The van der Waals surface area contributed by atoms with Gasteiger partial charge in [0.25, 0.3) is 0 Å². The monoisotopic (exact) mass is 280 g/mol. The van der Waals surface area contributed by atoms with E-state index in [0.29, 0.717) is 5.95 Å². The second-order valence-corrected chi connectivity index (χ2v) is 4.91. The Balaban J connectivity index is 1.86. The Bertz CT molecular complexity index is 800. The molecule has 0 saturated carbocycles. The highest BCUT2D eigenvalue weighted by molar-refractivity contribution is 5.99. The summed E-state index contributed by atoms with van der Waals surface area (Å²) in [5.41, 5.74) is 6.50. The zero-order valence-corrected chi connectivity index (χ0v) is 12.2. The van der Waals surface area contributed by atoms with Crippen molar-refractivity contribution in [1.82, 2.24) is 9.97 Å². The van der Waals surface area contributed by atoms with Gasteiger partial charge in [-0.1, -0.05) is 18.2 Å². The molecule has 3 rings (SSSR count). The van der Waals surface area contributed by atoms with Gasteiger partial charge in [0.15, 0.2) is 0 Å². The molecule has 3 aromatic rings. The van der Waals surface area contributed by atoms with Crippen LogP contribution >= 0.6 is 0 Å². The second-order valence-electron chi connectivity index (χ2n) is 4.91. The molecule has 5 heteroatoms. The lowest BCUT2D eigenvalue weighted by atomic mass is 10.1. The third kappa shape index (κ3) is 2.76. The molecule has 0 aliphatic rings. The Morgan fingerprint density at radius 1 is 1.10 bits per heavy atom. The second kappa shape index (κ2) is 5.36. The molecule has 0 atom stereocenters. The number of aryl methyl sites for hydroxylation is 3.